The van der Waals surface area contributed by atoms with Gasteiger partial charge in [0.2, 0.25) is 0 Å². The zero-order chi connectivity index (χ0) is 16.6. The standard InChI is InChI=1S/C20H18N4/c21-13-17-7-1-2-8-18(17)14-24(15-19-9-3-5-11-22-19)16-20-10-4-6-12-23-20/h1-12H,14-16H2. The van der Waals surface area contributed by atoms with Crippen molar-refractivity contribution >= 4 is 0 Å². The minimum atomic E-state index is 0.677. The molecule has 0 N–H and O–H groups in total. The summed E-state index contributed by atoms with van der Waals surface area (Å²) in [4.78, 5) is 11.1. The topological polar surface area (TPSA) is 52.8 Å². The van der Waals surface area contributed by atoms with Gasteiger partial charge in [0.05, 0.1) is 23.0 Å². The van der Waals surface area contributed by atoms with Crippen LogP contribution in [0.2, 0.25) is 0 Å². The monoisotopic (exact) mass is 314 g/mol. The Morgan fingerprint density at radius 1 is 0.750 bits per heavy atom. The van der Waals surface area contributed by atoms with Crippen molar-refractivity contribution < 1.29 is 0 Å². The second-order valence-electron chi connectivity index (χ2n) is 5.56. The third-order valence-electron chi connectivity index (χ3n) is 3.76. The Hall–Kier alpha value is -3.03. The van der Waals surface area contributed by atoms with Gasteiger partial charge in [0.1, 0.15) is 0 Å². The van der Waals surface area contributed by atoms with Crippen molar-refractivity contribution in [2.75, 3.05) is 0 Å². The molecule has 0 amide bonds. The first-order valence-corrected chi connectivity index (χ1v) is 7.85. The summed E-state index contributed by atoms with van der Waals surface area (Å²) in [5.74, 6) is 0. The van der Waals surface area contributed by atoms with Crippen molar-refractivity contribution in [1.82, 2.24) is 14.9 Å². The fraction of sp³-hybridized carbons (Fsp3) is 0.150. The number of benzene rings is 1. The molecule has 2 heterocycles. The van der Waals surface area contributed by atoms with Gasteiger partial charge in [0.25, 0.3) is 0 Å². The van der Waals surface area contributed by atoms with Crippen LogP contribution in [0.1, 0.15) is 22.5 Å². The molecule has 0 unspecified atom stereocenters. The van der Waals surface area contributed by atoms with Crippen molar-refractivity contribution in [3.05, 3.63) is 95.6 Å². The number of aromatic nitrogens is 2. The van der Waals surface area contributed by atoms with Crippen LogP contribution < -0.4 is 0 Å². The molecule has 0 radical (unpaired) electrons. The molecule has 118 valence electrons. The maximum Gasteiger partial charge on any atom is 0.0995 e. The first-order valence-electron chi connectivity index (χ1n) is 7.85. The van der Waals surface area contributed by atoms with E-state index in [0.717, 1.165) is 17.0 Å². The van der Waals surface area contributed by atoms with Gasteiger partial charge < -0.3 is 0 Å². The van der Waals surface area contributed by atoms with Crippen LogP contribution in [0.25, 0.3) is 0 Å². The summed E-state index contributed by atoms with van der Waals surface area (Å²) in [5.41, 5.74) is 3.74. The van der Waals surface area contributed by atoms with E-state index in [-0.39, 0.29) is 0 Å². The molecular weight excluding hydrogens is 296 g/mol. The Labute approximate surface area is 142 Å². The van der Waals surface area contributed by atoms with Gasteiger partial charge in [-0.3, -0.25) is 14.9 Å². The largest absolute Gasteiger partial charge is 0.287 e. The molecule has 0 spiro atoms. The molecule has 1 aromatic carbocycles. The lowest BCUT2D eigenvalue weighted by atomic mass is 10.1. The third-order valence-corrected chi connectivity index (χ3v) is 3.76. The van der Waals surface area contributed by atoms with Gasteiger partial charge in [-0.25, -0.2) is 0 Å². The highest BCUT2D eigenvalue weighted by Gasteiger charge is 2.12. The number of rotatable bonds is 6. The lowest BCUT2D eigenvalue weighted by Gasteiger charge is -2.22. The van der Waals surface area contributed by atoms with E-state index in [9.17, 15) is 5.26 Å². The highest BCUT2D eigenvalue weighted by molar-refractivity contribution is 5.37. The van der Waals surface area contributed by atoms with E-state index in [0.29, 0.717) is 25.2 Å². The molecule has 2 aromatic heterocycles. The summed E-state index contributed by atoms with van der Waals surface area (Å²) in [6, 6.07) is 21.8. The van der Waals surface area contributed by atoms with E-state index in [1.54, 1.807) is 12.4 Å². The van der Waals surface area contributed by atoms with E-state index in [4.69, 9.17) is 0 Å². The zero-order valence-corrected chi connectivity index (χ0v) is 13.3. The Morgan fingerprint density at radius 2 is 1.33 bits per heavy atom. The summed E-state index contributed by atoms with van der Waals surface area (Å²) in [6.07, 6.45) is 3.61. The van der Waals surface area contributed by atoms with E-state index in [1.807, 2.05) is 60.7 Å². The number of nitrogens with zero attached hydrogens (tertiary/aromatic N) is 4. The fourth-order valence-electron chi connectivity index (χ4n) is 2.62. The van der Waals surface area contributed by atoms with E-state index in [2.05, 4.69) is 20.9 Å². The molecule has 3 rings (SSSR count). The summed E-state index contributed by atoms with van der Waals surface area (Å²) in [7, 11) is 0. The molecule has 0 aliphatic carbocycles. The van der Waals surface area contributed by atoms with Gasteiger partial charge in [-0.1, -0.05) is 30.3 Å². The van der Waals surface area contributed by atoms with Gasteiger partial charge in [0, 0.05) is 32.0 Å². The first kappa shape index (κ1) is 15.9. The Bertz CT molecular complexity index is 768. The normalized spacial score (nSPS) is 10.5. The Morgan fingerprint density at radius 3 is 1.88 bits per heavy atom. The molecule has 0 aliphatic heterocycles. The molecular formula is C20H18N4. The maximum atomic E-state index is 9.32. The molecule has 4 heteroatoms. The molecule has 0 atom stereocenters. The highest BCUT2D eigenvalue weighted by Crippen LogP contribution is 2.15. The number of pyridine rings is 2. The minimum absolute atomic E-state index is 0.677. The average Bonchev–Trinajstić information content (AvgIpc) is 2.64. The molecule has 3 aromatic rings. The van der Waals surface area contributed by atoms with Crippen LogP contribution >= 0.6 is 0 Å². The van der Waals surface area contributed by atoms with Crippen LogP contribution in [-0.2, 0) is 19.6 Å². The van der Waals surface area contributed by atoms with Crippen molar-refractivity contribution in [2.45, 2.75) is 19.6 Å². The highest BCUT2D eigenvalue weighted by atomic mass is 15.1. The molecule has 0 bridgehead atoms. The number of nitriles is 1. The summed E-state index contributed by atoms with van der Waals surface area (Å²) >= 11 is 0. The van der Waals surface area contributed by atoms with Gasteiger partial charge in [-0.05, 0) is 35.9 Å². The van der Waals surface area contributed by atoms with Crippen LogP contribution in [0.5, 0.6) is 0 Å². The van der Waals surface area contributed by atoms with Crippen molar-refractivity contribution in [1.29, 1.82) is 5.26 Å². The molecule has 0 saturated carbocycles. The number of hydrogen-bond donors (Lipinski definition) is 0. The summed E-state index contributed by atoms with van der Waals surface area (Å²) < 4.78 is 0. The third kappa shape index (κ3) is 4.25. The predicted octanol–water partition coefficient (Wildman–Crippen LogP) is 3.55. The minimum Gasteiger partial charge on any atom is -0.287 e. The molecule has 4 nitrogen and oxygen atoms in total. The van der Waals surface area contributed by atoms with Gasteiger partial charge in [-0.2, -0.15) is 5.26 Å². The molecule has 0 aliphatic rings. The second kappa shape index (κ2) is 8.00. The number of hydrogen-bond acceptors (Lipinski definition) is 4. The Balaban J connectivity index is 1.82. The van der Waals surface area contributed by atoms with E-state index in [1.165, 1.54) is 0 Å². The lowest BCUT2D eigenvalue weighted by Crippen LogP contribution is -2.23. The molecule has 0 saturated heterocycles. The van der Waals surface area contributed by atoms with Crippen LogP contribution in [0.15, 0.2) is 73.1 Å². The molecule has 24 heavy (non-hydrogen) atoms. The smallest absolute Gasteiger partial charge is 0.0995 e. The van der Waals surface area contributed by atoms with Crippen molar-refractivity contribution in [2.24, 2.45) is 0 Å². The van der Waals surface area contributed by atoms with Crippen LogP contribution in [0, 0.1) is 11.3 Å². The summed E-state index contributed by atoms with van der Waals surface area (Å²) in [5, 5.41) is 9.32. The SMILES string of the molecule is N#Cc1ccccc1CN(Cc1ccccn1)Cc1ccccn1. The van der Waals surface area contributed by atoms with E-state index < -0.39 is 0 Å². The van der Waals surface area contributed by atoms with Crippen LogP contribution in [-0.4, -0.2) is 14.9 Å². The van der Waals surface area contributed by atoms with Crippen molar-refractivity contribution in [3.63, 3.8) is 0 Å². The average molecular weight is 314 g/mol. The van der Waals surface area contributed by atoms with Gasteiger partial charge >= 0.3 is 0 Å². The first-order chi connectivity index (χ1) is 11.8. The fourth-order valence-corrected chi connectivity index (χ4v) is 2.62. The van der Waals surface area contributed by atoms with E-state index >= 15 is 0 Å². The lowest BCUT2D eigenvalue weighted by molar-refractivity contribution is 0.241. The molecule has 0 fully saturated rings. The predicted molar refractivity (Wildman–Crippen MR) is 92.6 cm³/mol. The Kier molecular flexibility index (Phi) is 5.28. The maximum absolute atomic E-state index is 9.32. The zero-order valence-electron chi connectivity index (χ0n) is 13.3. The van der Waals surface area contributed by atoms with Gasteiger partial charge in [0.15, 0.2) is 0 Å². The quantitative estimate of drug-likeness (QED) is 0.698. The van der Waals surface area contributed by atoms with Crippen LogP contribution in [0.3, 0.4) is 0 Å². The van der Waals surface area contributed by atoms with Gasteiger partial charge in [-0.15, -0.1) is 0 Å². The second-order valence-corrected chi connectivity index (χ2v) is 5.56. The van der Waals surface area contributed by atoms with Crippen molar-refractivity contribution in [3.8, 4) is 6.07 Å². The summed E-state index contributed by atoms with van der Waals surface area (Å²) in [6.45, 7) is 2.09. The van der Waals surface area contributed by atoms with Crippen LogP contribution in [0.4, 0.5) is 0 Å².